The second kappa shape index (κ2) is 7.69. The minimum absolute atomic E-state index is 0.235. The molecule has 1 heterocycles. The second-order valence-corrected chi connectivity index (χ2v) is 5.21. The summed E-state index contributed by atoms with van der Waals surface area (Å²) >= 11 is 0. The molecule has 6 heteroatoms. The van der Waals surface area contributed by atoms with Crippen molar-refractivity contribution in [2.45, 2.75) is 12.5 Å². The minimum Gasteiger partial charge on any atom is -0.497 e. The maximum absolute atomic E-state index is 12.2. The number of methoxy groups -OCH3 is 2. The van der Waals surface area contributed by atoms with E-state index in [1.807, 2.05) is 29.9 Å². The highest BCUT2D eigenvalue weighted by Gasteiger charge is 2.13. The molecule has 124 valence electrons. The topological polar surface area (TPSA) is 72.7 Å². The zero-order chi connectivity index (χ0) is 16.8. The molecule has 1 amide bonds. The van der Waals surface area contributed by atoms with Crippen LogP contribution in [0.25, 0.3) is 0 Å². The van der Waals surface area contributed by atoms with E-state index in [4.69, 9.17) is 9.47 Å². The molecule has 1 aromatic carbocycles. The predicted octanol–water partition coefficient (Wildman–Crippen LogP) is 1.90. The summed E-state index contributed by atoms with van der Waals surface area (Å²) in [6.45, 7) is 0.366. The summed E-state index contributed by atoms with van der Waals surface area (Å²) in [4.78, 5) is 12.2. The van der Waals surface area contributed by atoms with Gasteiger partial charge in [-0.05, 0) is 30.7 Å². The molecule has 0 fully saturated rings. The van der Waals surface area contributed by atoms with Gasteiger partial charge >= 0.3 is 0 Å². The molecule has 23 heavy (non-hydrogen) atoms. The number of hydrogen-bond acceptors (Lipinski definition) is 4. The van der Waals surface area contributed by atoms with Crippen molar-refractivity contribution in [3.8, 4) is 11.5 Å². The standard InChI is InChI=1S/C17H22N2O4/c1-19-8-4-5-15(19)16(20)6-7-18-17(21)12-9-13(22-2)11-14(10-12)23-3/h4-5,8-11,16,20H,6-7H2,1-3H3,(H,18,21). The third-order valence-electron chi connectivity index (χ3n) is 3.64. The molecular formula is C17H22N2O4. The van der Waals surface area contributed by atoms with Gasteiger partial charge in [-0.3, -0.25) is 4.79 Å². The molecule has 0 spiro atoms. The summed E-state index contributed by atoms with van der Waals surface area (Å²) < 4.78 is 12.2. The number of nitrogens with zero attached hydrogens (tertiary/aromatic N) is 1. The number of amides is 1. The van der Waals surface area contributed by atoms with Gasteiger partial charge in [0.05, 0.1) is 20.3 Å². The molecule has 1 unspecified atom stereocenters. The van der Waals surface area contributed by atoms with Gasteiger partial charge in [0.2, 0.25) is 0 Å². The number of hydrogen-bond donors (Lipinski definition) is 2. The Labute approximate surface area is 135 Å². The molecule has 2 N–H and O–H groups in total. The number of ether oxygens (including phenoxy) is 2. The van der Waals surface area contributed by atoms with Crippen LogP contribution in [0.15, 0.2) is 36.5 Å². The lowest BCUT2D eigenvalue weighted by Crippen LogP contribution is -2.26. The summed E-state index contributed by atoms with van der Waals surface area (Å²) in [6, 6.07) is 8.73. The van der Waals surface area contributed by atoms with E-state index >= 15 is 0 Å². The zero-order valence-corrected chi connectivity index (χ0v) is 13.6. The zero-order valence-electron chi connectivity index (χ0n) is 13.6. The Morgan fingerprint density at radius 3 is 2.43 bits per heavy atom. The summed E-state index contributed by atoms with van der Waals surface area (Å²) in [5.41, 5.74) is 1.27. The number of aliphatic hydroxyl groups is 1. The van der Waals surface area contributed by atoms with Crippen molar-refractivity contribution in [3.63, 3.8) is 0 Å². The van der Waals surface area contributed by atoms with E-state index in [0.29, 0.717) is 30.0 Å². The Balaban J connectivity index is 1.93. The molecule has 2 rings (SSSR count). The normalized spacial score (nSPS) is 11.8. The Bertz CT molecular complexity index is 644. The van der Waals surface area contributed by atoms with E-state index in [-0.39, 0.29) is 5.91 Å². The van der Waals surface area contributed by atoms with Gasteiger partial charge in [0.25, 0.3) is 5.91 Å². The molecule has 1 aromatic heterocycles. The lowest BCUT2D eigenvalue weighted by Gasteiger charge is -2.13. The van der Waals surface area contributed by atoms with E-state index in [1.54, 1.807) is 18.2 Å². The van der Waals surface area contributed by atoms with Crippen LogP contribution in [0, 0.1) is 0 Å². The lowest BCUT2D eigenvalue weighted by molar-refractivity contribution is 0.0940. The fraction of sp³-hybridized carbons (Fsp3) is 0.353. The van der Waals surface area contributed by atoms with Gasteiger partial charge in [-0.2, -0.15) is 0 Å². The van der Waals surface area contributed by atoms with Gasteiger partial charge in [-0.15, -0.1) is 0 Å². The molecule has 0 bridgehead atoms. The van der Waals surface area contributed by atoms with E-state index < -0.39 is 6.10 Å². The largest absolute Gasteiger partial charge is 0.497 e. The summed E-state index contributed by atoms with van der Waals surface area (Å²) in [5, 5.41) is 12.9. The van der Waals surface area contributed by atoms with Gasteiger partial charge in [0.1, 0.15) is 11.5 Å². The summed E-state index contributed by atoms with van der Waals surface area (Å²) in [6.07, 6.45) is 1.69. The number of aliphatic hydroxyl groups excluding tert-OH is 1. The quantitative estimate of drug-likeness (QED) is 0.818. The third kappa shape index (κ3) is 4.26. The molecule has 0 aliphatic carbocycles. The first-order chi connectivity index (χ1) is 11.0. The molecule has 0 aliphatic rings. The lowest BCUT2D eigenvalue weighted by atomic mass is 10.1. The fourth-order valence-corrected chi connectivity index (χ4v) is 2.33. The van der Waals surface area contributed by atoms with Gasteiger partial charge < -0.3 is 24.5 Å². The summed E-state index contributed by atoms with van der Waals surface area (Å²) in [7, 11) is 4.94. The van der Waals surface area contributed by atoms with E-state index in [2.05, 4.69) is 5.32 Å². The van der Waals surface area contributed by atoms with E-state index in [0.717, 1.165) is 5.69 Å². The first-order valence-corrected chi connectivity index (χ1v) is 7.35. The van der Waals surface area contributed by atoms with Crippen LogP contribution >= 0.6 is 0 Å². The van der Waals surface area contributed by atoms with Crippen molar-refractivity contribution in [1.29, 1.82) is 0 Å². The summed E-state index contributed by atoms with van der Waals surface area (Å²) in [5.74, 6) is 0.873. The predicted molar refractivity (Wildman–Crippen MR) is 86.9 cm³/mol. The van der Waals surface area contributed by atoms with Crippen LogP contribution in [0.3, 0.4) is 0 Å². The minimum atomic E-state index is -0.616. The number of carbonyl (C=O) groups is 1. The molecule has 0 aliphatic heterocycles. The highest BCUT2D eigenvalue weighted by atomic mass is 16.5. The van der Waals surface area contributed by atoms with Crippen LogP contribution in [-0.2, 0) is 7.05 Å². The maximum Gasteiger partial charge on any atom is 0.251 e. The molecule has 0 saturated carbocycles. The monoisotopic (exact) mass is 318 g/mol. The van der Waals surface area contributed by atoms with Crippen molar-refractivity contribution < 1.29 is 19.4 Å². The number of aryl methyl sites for hydroxylation is 1. The van der Waals surface area contributed by atoms with E-state index in [1.165, 1.54) is 14.2 Å². The van der Waals surface area contributed by atoms with Crippen molar-refractivity contribution in [1.82, 2.24) is 9.88 Å². The Kier molecular flexibility index (Phi) is 5.65. The van der Waals surface area contributed by atoms with Crippen molar-refractivity contribution in [2.75, 3.05) is 20.8 Å². The number of aromatic nitrogens is 1. The third-order valence-corrected chi connectivity index (χ3v) is 3.64. The van der Waals surface area contributed by atoms with Crippen LogP contribution in [0.2, 0.25) is 0 Å². The number of carbonyl (C=O) groups excluding carboxylic acids is 1. The van der Waals surface area contributed by atoms with E-state index in [9.17, 15) is 9.90 Å². The molecule has 0 radical (unpaired) electrons. The average molecular weight is 318 g/mol. The van der Waals surface area contributed by atoms with Crippen molar-refractivity contribution in [3.05, 3.63) is 47.8 Å². The highest BCUT2D eigenvalue weighted by Crippen LogP contribution is 2.22. The second-order valence-electron chi connectivity index (χ2n) is 5.21. The molecule has 6 nitrogen and oxygen atoms in total. The molecular weight excluding hydrogens is 296 g/mol. The van der Waals surface area contributed by atoms with Crippen LogP contribution < -0.4 is 14.8 Å². The number of nitrogens with one attached hydrogen (secondary N) is 1. The highest BCUT2D eigenvalue weighted by molar-refractivity contribution is 5.95. The van der Waals surface area contributed by atoms with Crippen molar-refractivity contribution in [2.24, 2.45) is 7.05 Å². The smallest absolute Gasteiger partial charge is 0.251 e. The van der Waals surface area contributed by atoms with Crippen LogP contribution in [0.1, 0.15) is 28.6 Å². The maximum atomic E-state index is 12.2. The molecule has 0 saturated heterocycles. The first-order valence-electron chi connectivity index (χ1n) is 7.35. The molecule has 1 atom stereocenters. The average Bonchev–Trinajstić information content (AvgIpc) is 3.00. The van der Waals surface area contributed by atoms with Crippen LogP contribution in [0.5, 0.6) is 11.5 Å². The molecule has 2 aromatic rings. The van der Waals surface area contributed by atoms with Crippen molar-refractivity contribution >= 4 is 5.91 Å². The fourth-order valence-electron chi connectivity index (χ4n) is 2.33. The van der Waals surface area contributed by atoms with Crippen LogP contribution in [0.4, 0.5) is 0 Å². The van der Waals surface area contributed by atoms with Gasteiger partial charge in [-0.25, -0.2) is 0 Å². The first kappa shape index (κ1) is 16.9. The Morgan fingerprint density at radius 2 is 1.91 bits per heavy atom. The SMILES string of the molecule is COc1cc(OC)cc(C(=O)NCCC(O)c2cccn2C)c1. The number of rotatable bonds is 7. The van der Waals surface area contributed by atoms with Crippen LogP contribution in [-0.4, -0.2) is 36.3 Å². The number of benzene rings is 1. The Hall–Kier alpha value is -2.47. The Morgan fingerprint density at radius 1 is 1.26 bits per heavy atom. The van der Waals surface area contributed by atoms with Gasteiger partial charge in [0, 0.05) is 37.1 Å². The van der Waals surface area contributed by atoms with Gasteiger partial charge in [-0.1, -0.05) is 0 Å². The van der Waals surface area contributed by atoms with Gasteiger partial charge in [0.15, 0.2) is 0 Å².